The summed E-state index contributed by atoms with van der Waals surface area (Å²) in [5, 5.41) is 5.21. The molecule has 180 valence electrons. The molecule has 1 nitrogen and oxygen atoms in total. The lowest BCUT2D eigenvalue weighted by molar-refractivity contribution is 0.661. The first-order chi connectivity index (χ1) is 18.6. The molecule has 8 rings (SSSR count). The van der Waals surface area contributed by atoms with E-state index in [4.69, 9.17) is 0 Å². The van der Waals surface area contributed by atoms with Crippen LogP contribution in [0.2, 0.25) is 0 Å². The molecule has 0 amide bonds. The average molecular weight is 486 g/mol. The van der Waals surface area contributed by atoms with E-state index >= 15 is 0 Å². The number of hydrogen-bond donors (Lipinski definition) is 0. The summed E-state index contributed by atoms with van der Waals surface area (Å²) in [6.45, 7) is 4.76. The Morgan fingerprint density at radius 3 is 2.05 bits per heavy atom. The standard InChI is InChI=1S/C37H27N/c1-37(2)33-21-25(28-17-10-12-24-11-6-7-15-27(24)28)19-20-29(33)31-23-36-32(22-34(31)37)30-16-8-9-18-35(30)38(36)26-13-4-3-5-14-26/h3-23H,1-2H3. The summed E-state index contributed by atoms with van der Waals surface area (Å²) in [4.78, 5) is 0. The Kier molecular flexibility index (Phi) is 4.35. The third kappa shape index (κ3) is 2.87. The van der Waals surface area contributed by atoms with Gasteiger partial charge < -0.3 is 4.57 Å². The molecule has 0 aliphatic heterocycles. The van der Waals surface area contributed by atoms with Crippen LogP contribution in [-0.4, -0.2) is 4.57 Å². The van der Waals surface area contributed by atoms with Gasteiger partial charge in [-0.25, -0.2) is 0 Å². The predicted octanol–water partition coefficient (Wildman–Crippen LogP) is 9.91. The van der Waals surface area contributed by atoms with E-state index < -0.39 is 0 Å². The topological polar surface area (TPSA) is 4.93 Å². The maximum atomic E-state index is 2.46. The summed E-state index contributed by atoms with van der Waals surface area (Å²) in [5.74, 6) is 0. The Hall–Kier alpha value is -4.62. The molecule has 0 N–H and O–H groups in total. The lowest BCUT2D eigenvalue weighted by Gasteiger charge is -2.22. The van der Waals surface area contributed by atoms with E-state index in [2.05, 4.69) is 146 Å². The summed E-state index contributed by atoms with van der Waals surface area (Å²) in [6.07, 6.45) is 0. The van der Waals surface area contributed by atoms with Crippen molar-refractivity contribution in [3.8, 4) is 27.9 Å². The minimum absolute atomic E-state index is 0.0879. The van der Waals surface area contributed by atoms with E-state index in [0.717, 1.165) is 0 Å². The van der Waals surface area contributed by atoms with Crippen LogP contribution in [0.25, 0.3) is 60.5 Å². The second-order valence-corrected chi connectivity index (χ2v) is 11.0. The molecule has 0 radical (unpaired) electrons. The van der Waals surface area contributed by atoms with E-state index in [1.54, 1.807) is 0 Å². The van der Waals surface area contributed by atoms with Crippen LogP contribution in [0.1, 0.15) is 25.0 Å². The van der Waals surface area contributed by atoms with Crippen molar-refractivity contribution in [3.05, 3.63) is 139 Å². The molecule has 0 bridgehead atoms. The molecule has 0 saturated carbocycles. The van der Waals surface area contributed by atoms with Gasteiger partial charge in [-0.05, 0) is 80.6 Å². The van der Waals surface area contributed by atoms with Crippen LogP contribution < -0.4 is 0 Å². The lowest BCUT2D eigenvalue weighted by atomic mass is 9.81. The summed E-state index contributed by atoms with van der Waals surface area (Å²) < 4.78 is 2.42. The highest BCUT2D eigenvalue weighted by Crippen LogP contribution is 2.52. The Labute approximate surface area is 222 Å². The number of nitrogens with zero attached hydrogens (tertiary/aromatic N) is 1. The normalized spacial score (nSPS) is 13.7. The first-order valence-corrected chi connectivity index (χ1v) is 13.4. The zero-order chi connectivity index (χ0) is 25.4. The number of aromatic nitrogens is 1. The van der Waals surface area contributed by atoms with Crippen molar-refractivity contribution in [2.45, 2.75) is 19.3 Å². The molecule has 1 aliphatic carbocycles. The largest absolute Gasteiger partial charge is 0.309 e. The van der Waals surface area contributed by atoms with Crippen LogP contribution in [-0.2, 0) is 5.41 Å². The van der Waals surface area contributed by atoms with Crippen LogP contribution in [0.4, 0.5) is 0 Å². The van der Waals surface area contributed by atoms with Gasteiger partial charge in [0.05, 0.1) is 11.0 Å². The van der Waals surface area contributed by atoms with Crippen LogP contribution in [0.5, 0.6) is 0 Å². The first-order valence-electron chi connectivity index (χ1n) is 13.4. The molecule has 1 heteroatoms. The van der Waals surface area contributed by atoms with Crippen LogP contribution in [0.15, 0.2) is 127 Å². The number of rotatable bonds is 2. The van der Waals surface area contributed by atoms with Gasteiger partial charge in [0.2, 0.25) is 0 Å². The van der Waals surface area contributed by atoms with Gasteiger partial charge in [0.25, 0.3) is 0 Å². The zero-order valence-electron chi connectivity index (χ0n) is 21.6. The van der Waals surface area contributed by atoms with E-state index in [1.165, 1.54) is 71.6 Å². The van der Waals surface area contributed by atoms with Crippen molar-refractivity contribution < 1.29 is 0 Å². The molecule has 38 heavy (non-hydrogen) atoms. The monoisotopic (exact) mass is 485 g/mol. The lowest BCUT2D eigenvalue weighted by Crippen LogP contribution is -2.15. The Morgan fingerprint density at radius 1 is 0.474 bits per heavy atom. The maximum Gasteiger partial charge on any atom is 0.0547 e. The second kappa shape index (κ2) is 7.69. The van der Waals surface area contributed by atoms with Gasteiger partial charge in [0.1, 0.15) is 0 Å². The van der Waals surface area contributed by atoms with Crippen molar-refractivity contribution in [3.63, 3.8) is 0 Å². The minimum Gasteiger partial charge on any atom is -0.309 e. The minimum atomic E-state index is -0.0879. The summed E-state index contributed by atoms with van der Waals surface area (Å²) >= 11 is 0. The van der Waals surface area contributed by atoms with Gasteiger partial charge in [0, 0.05) is 21.9 Å². The summed E-state index contributed by atoms with van der Waals surface area (Å²) in [5.41, 5.74) is 11.7. The molecule has 1 heterocycles. The smallest absolute Gasteiger partial charge is 0.0547 e. The van der Waals surface area contributed by atoms with Crippen molar-refractivity contribution in [2.75, 3.05) is 0 Å². The molecule has 0 atom stereocenters. The van der Waals surface area contributed by atoms with Gasteiger partial charge >= 0.3 is 0 Å². The van der Waals surface area contributed by atoms with Crippen LogP contribution in [0.3, 0.4) is 0 Å². The SMILES string of the molecule is CC1(C)c2cc(-c3cccc4ccccc34)ccc2-c2cc3c(cc21)c1ccccc1n3-c1ccccc1. The van der Waals surface area contributed by atoms with E-state index in [1.807, 2.05) is 0 Å². The van der Waals surface area contributed by atoms with Gasteiger partial charge in [-0.3, -0.25) is 0 Å². The van der Waals surface area contributed by atoms with Crippen LogP contribution in [0, 0.1) is 0 Å². The van der Waals surface area contributed by atoms with Gasteiger partial charge in [-0.2, -0.15) is 0 Å². The van der Waals surface area contributed by atoms with E-state index in [0.29, 0.717) is 0 Å². The Bertz CT molecular complexity index is 2030. The molecule has 0 unspecified atom stereocenters. The summed E-state index contributed by atoms with van der Waals surface area (Å²) in [6, 6.07) is 46.8. The van der Waals surface area contributed by atoms with Crippen molar-refractivity contribution in [2.24, 2.45) is 0 Å². The fraction of sp³-hybridized carbons (Fsp3) is 0.0811. The quantitative estimate of drug-likeness (QED) is 0.230. The predicted molar refractivity (Wildman–Crippen MR) is 161 cm³/mol. The highest BCUT2D eigenvalue weighted by Gasteiger charge is 2.36. The molecule has 0 fully saturated rings. The molecule has 6 aromatic carbocycles. The Balaban J connectivity index is 1.39. The average Bonchev–Trinajstić information content (AvgIpc) is 3.40. The zero-order valence-corrected chi connectivity index (χ0v) is 21.6. The van der Waals surface area contributed by atoms with Crippen molar-refractivity contribution >= 4 is 32.6 Å². The van der Waals surface area contributed by atoms with Crippen molar-refractivity contribution in [1.82, 2.24) is 4.57 Å². The fourth-order valence-corrected chi connectivity index (χ4v) is 6.70. The second-order valence-electron chi connectivity index (χ2n) is 11.0. The van der Waals surface area contributed by atoms with Gasteiger partial charge in [-0.15, -0.1) is 0 Å². The number of benzene rings is 6. The van der Waals surface area contributed by atoms with E-state index in [9.17, 15) is 0 Å². The molecular formula is C37H27N. The maximum absolute atomic E-state index is 2.46. The third-order valence-electron chi connectivity index (χ3n) is 8.58. The van der Waals surface area contributed by atoms with Crippen molar-refractivity contribution in [1.29, 1.82) is 0 Å². The van der Waals surface area contributed by atoms with E-state index in [-0.39, 0.29) is 5.41 Å². The molecule has 1 aromatic heterocycles. The third-order valence-corrected chi connectivity index (χ3v) is 8.58. The number of hydrogen-bond acceptors (Lipinski definition) is 0. The molecule has 0 saturated heterocycles. The molecule has 1 aliphatic rings. The molecule has 0 spiro atoms. The molecule has 7 aromatic rings. The number of fused-ring (bicyclic) bond motifs is 7. The summed E-state index contributed by atoms with van der Waals surface area (Å²) in [7, 11) is 0. The van der Waals surface area contributed by atoms with Gasteiger partial charge in [0.15, 0.2) is 0 Å². The molecular weight excluding hydrogens is 458 g/mol. The highest BCUT2D eigenvalue weighted by atomic mass is 15.0. The fourth-order valence-electron chi connectivity index (χ4n) is 6.70. The number of para-hydroxylation sites is 2. The first kappa shape index (κ1) is 21.5. The Morgan fingerprint density at radius 2 is 1.18 bits per heavy atom. The van der Waals surface area contributed by atoms with Gasteiger partial charge in [-0.1, -0.05) is 105 Å². The highest BCUT2D eigenvalue weighted by molar-refractivity contribution is 6.11. The van der Waals surface area contributed by atoms with Crippen LogP contribution >= 0.6 is 0 Å².